The van der Waals surface area contributed by atoms with Crippen molar-refractivity contribution in [2.24, 2.45) is 0 Å². The first kappa shape index (κ1) is 19.4. The summed E-state index contributed by atoms with van der Waals surface area (Å²) in [7, 11) is 0. The van der Waals surface area contributed by atoms with Gasteiger partial charge in [-0.15, -0.1) is 0 Å². The van der Waals surface area contributed by atoms with E-state index in [0.717, 1.165) is 16.7 Å². The molecule has 0 heterocycles. The highest BCUT2D eigenvalue weighted by Crippen LogP contribution is 2.21. The van der Waals surface area contributed by atoms with Gasteiger partial charge in [0.25, 0.3) is 0 Å². The van der Waals surface area contributed by atoms with Crippen molar-refractivity contribution >= 4 is 11.8 Å². The predicted octanol–water partition coefficient (Wildman–Crippen LogP) is 4.66. The Morgan fingerprint density at radius 1 is 0.786 bits per heavy atom. The number of Topliss-reactive ketones (excluding diaryl/α,β-unsaturated/α-hetero) is 1. The fourth-order valence-electron chi connectivity index (χ4n) is 3.01. The van der Waals surface area contributed by atoms with Gasteiger partial charge in [-0.2, -0.15) is 0 Å². The molecule has 4 nitrogen and oxygen atoms in total. The highest BCUT2D eigenvalue weighted by atomic mass is 16.2. The van der Waals surface area contributed by atoms with Crippen LogP contribution in [0.25, 0.3) is 0 Å². The molecular weight excluding hydrogens is 348 g/mol. The zero-order chi connectivity index (χ0) is 19.8. The molecule has 0 fully saturated rings. The van der Waals surface area contributed by atoms with E-state index in [2.05, 4.69) is 10.6 Å². The van der Waals surface area contributed by atoms with Crippen LogP contribution in [0.3, 0.4) is 0 Å². The average Bonchev–Trinajstić information content (AvgIpc) is 2.73. The summed E-state index contributed by atoms with van der Waals surface area (Å²) in [4.78, 5) is 24.7. The normalized spacial score (nSPS) is 10.5. The Labute approximate surface area is 165 Å². The van der Waals surface area contributed by atoms with E-state index in [0.29, 0.717) is 5.56 Å². The molecule has 0 atom stereocenters. The molecule has 0 aliphatic heterocycles. The van der Waals surface area contributed by atoms with Crippen LogP contribution >= 0.6 is 0 Å². The van der Waals surface area contributed by atoms with Gasteiger partial charge in [0.2, 0.25) is 0 Å². The first-order valence-electron chi connectivity index (χ1n) is 9.37. The van der Waals surface area contributed by atoms with E-state index in [4.69, 9.17) is 0 Å². The summed E-state index contributed by atoms with van der Waals surface area (Å²) in [6, 6.07) is 26.5. The monoisotopic (exact) mass is 372 g/mol. The minimum atomic E-state index is -0.297. The van der Waals surface area contributed by atoms with Crippen molar-refractivity contribution in [1.29, 1.82) is 0 Å². The van der Waals surface area contributed by atoms with Crippen molar-refractivity contribution < 1.29 is 9.59 Å². The Morgan fingerprint density at radius 2 is 1.32 bits per heavy atom. The van der Waals surface area contributed by atoms with Crippen LogP contribution < -0.4 is 10.6 Å². The lowest BCUT2D eigenvalue weighted by atomic mass is 9.99. The van der Waals surface area contributed by atoms with Crippen LogP contribution in [-0.4, -0.2) is 18.4 Å². The molecule has 0 saturated carbocycles. The van der Waals surface area contributed by atoms with Gasteiger partial charge in [-0.05, 0) is 18.1 Å². The molecule has 0 aliphatic rings. The predicted molar refractivity (Wildman–Crippen MR) is 111 cm³/mol. The van der Waals surface area contributed by atoms with Gasteiger partial charge in [0.1, 0.15) is 0 Å². The Morgan fingerprint density at radius 3 is 1.86 bits per heavy atom. The van der Waals surface area contributed by atoms with E-state index in [1.807, 2.05) is 91.9 Å². The van der Waals surface area contributed by atoms with Crippen molar-refractivity contribution in [2.75, 3.05) is 6.54 Å². The molecule has 0 saturated heterocycles. The van der Waals surface area contributed by atoms with Gasteiger partial charge in [-0.25, -0.2) is 4.79 Å². The topological polar surface area (TPSA) is 58.2 Å². The van der Waals surface area contributed by atoms with E-state index in [-0.39, 0.29) is 30.8 Å². The van der Waals surface area contributed by atoms with Gasteiger partial charge >= 0.3 is 6.03 Å². The van der Waals surface area contributed by atoms with Crippen LogP contribution in [0.15, 0.2) is 84.9 Å². The Bertz CT molecular complexity index is 867. The Hall–Kier alpha value is -3.40. The summed E-state index contributed by atoms with van der Waals surface area (Å²) in [5.41, 5.74) is 3.78. The molecule has 3 aromatic carbocycles. The van der Waals surface area contributed by atoms with Crippen LogP contribution in [0.2, 0.25) is 0 Å². The first-order chi connectivity index (χ1) is 13.6. The molecule has 0 aromatic heterocycles. The third kappa shape index (κ3) is 5.30. The number of carbonyl (C=O) groups is 2. The van der Waals surface area contributed by atoms with Gasteiger partial charge < -0.3 is 10.6 Å². The molecule has 28 heavy (non-hydrogen) atoms. The number of carbonyl (C=O) groups excluding carboxylic acids is 2. The summed E-state index contributed by atoms with van der Waals surface area (Å²) >= 11 is 0. The number of benzene rings is 3. The first-order valence-corrected chi connectivity index (χ1v) is 9.37. The van der Waals surface area contributed by atoms with Gasteiger partial charge in [-0.3, -0.25) is 4.79 Å². The zero-order valence-corrected chi connectivity index (χ0v) is 15.9. The third-order valence-corrected chi connectivity index (χ3v) is 4.55. The lowest BCUT2D eigenvalue weighted by Gasteiger charge is -2.20. The molecule has 2 N–H and O–H groups in total. The SMILES string of the molecule is Cc1ccc(C(=O)CCNC(=O)NC(c2ccccc2)c2ccccc2)cc1. The summed E-state index contributed by atoms with van der Waals surface area (Å²) < 4.78 is 0. The summed E-state index contributed by atoms with van der Waals surface area (Å²) in [6.45, 7) is 2.27. The number of rotatable bonds is 7. The summed E-state index contributed by atoms with van der Waals surface area (Å²) in [5.74, 6) is 0.0166. The van der Waals surface area contributed by atoms with E-state index in [1.54, 1.807) is 0 Å². The molecule has 142 valence electrons. The van der Waals surface area contributed by atoms with E-state index >= 15 is 0 Å². The standard InChI is InChI=1S/C24H24N2O2/c1-18-12-14-19(15-13-18)22(27)16-17-25-24(28)26-23(20-8-4-2-5-9-20)21-10-6-3-7-11-21/h2-15,23H,16-17H2,1H3,(H2,25,26,28). The molecular formula is C24H24N2O2. The quantitative estimate of drug-likeness (QED) is 0.593. The number of ketones is 1. The number of hydrogen-bond donors (Lipinski definition) is 2. The highest BCUT2D eigenvalue weighted by molar-refractivity contribution is 5.96. The highest BCUT2D eigenvalue weighted by Gasteiger charge is 2.16. The summed E-state index contributed by atoms with van der Waals surface area (Å²) in [5, 5.41) is 5.80. The van der Waals surface area contributed by atoms with Crippen LogP contribution in [0.4, 0.5) is 4.79 Å². The van der Waals surface area contributed by atoms with Crippen molar-refractivity contribution in [2.45, 2.75) is 19.4 Å². The van der Waals surface area contributed by atoms with E-state index < -0.39 is 0 Å². The van der Waals surface area contributed by atoms with Gasteiger partial charge in [-0.1, -0.05) is 90.5 Å². The Balaban J connectivity index is 1.58. The minimum Gasteiger partial charge on any atom is -0.338 e. The minimum absolute atomic E-state index is 0.0166. The Kier molecular flexibility index (Phi) is 6.58. The molecule has 0 bridgehead atoms. The number of amides is 2. The molecule has 0 radical (unpaired) electrons. The number of nitrogens with one attached hydrogen (secondary N) is 2. The lowest BCUT2D eigenvalue weighted by molar-refractivity contribution is 0.0983. The fraction of sp³-hybridized carbons (Fsp3) is 0.167. The van der Waals surface area contributed by atoms with Crippen LogP contribution in [-0.2, 0) is 0 Å². The van der Waals surface area contributed by atoms with E-state index in [1.165, 1.54) is 0 Å². The molecule has 2 amide bonds. The van der Waals surface area contributed by atoms with Crippen LogP contribution in [0.5, 0.6) is 0 Å². The molecule has 4 heteroatoms. The van der Waals surface area contributed by atoms with Crippen molar-refractivity contribution in [3.05, 3.63) is 107 Å². The summed E-state index contributed by atoms with van der Waals surface area (Å²) in [6.07, 6.45) is 0.262. The second-order valence-corrected chi connectivity index (χ2v) is 6.69. The number of aryl methyl sites for hydroxylation is 1. The number of urea groups is 1. The maximum absolute atomic E-state index is 12.4. The van der Waals surface area contributed by atoms with Crippen molar-refractivity contribution in [3.8, 4) is 0 Å². The lowest BCUT2D eigenvalue weighted by Crippen LogP contribution is -2.39. The zero-order valence-electron chi connectivity index (χ0n) is 15.9. The van der Waals surface area contributed by atoms with Crippen molar-refractivity contribution in [1.82, 2.24) is 10.6 Å². The molecule has 0 aliphatic carbocycles. The maximum Gasteiger partial charge on any atom is 0.315 e. The molecule has 0 spiro atoms. The van der Waals surface area contributed by atoms with Crippen LogP contribution in [0, 0.1) is 6.92 Å². The smallest absolute Gasteiger partial charge is 0.315 e. The van der Waals surface area contributed by atoms with Gasteiger partial charge in [0.05, 0.1) is 6.04 Å². The largest absolute Gasteiger partial charge is 0.338 e. The maximum atomic E-state index is 12.4. The molecule has 3 aromatic rings. The second-order valence-electron chi connectivity index (χ2n) is 6.69. The van der Waals surface area contributed by atoms with Crippen molar-refractivity contribution in [3.63, 3.8) is 0 Å². The van der Waals surface area contributed by atoms with Gasteiger partial charge in [0.15, 0.2) is 5.78 Å². The van der Waals surface area contributed by atoms with Gasteiger partial charge in [0, 0.05) is 18.5 Å². The fourth-order valence-corrected chi connectivity index (χ4v) is 3.01. The second kappa shape index (κ2) is 9.51. The van der Waals surface area contributed by atoms with E-state index in [9.17, 15) is 9.59 Å². The molecule has 0 unspecified atom stereocenters. The molecule has 3 rings (SSSR count). The third-order valence-electron chi connectivity index (χ3n) is 4.55. The number of hydrogen-bond acceptors (Lipinski definition) is 2. The average molecular weight is 372 g/mol. The van der Waals surface area contributed by atoms with Crippen LogP contribution in [0.1, 0.15) is 39.5 Å².